The van der Waals surface area contributed by atoms with Gasteiger partial charge in [-0.05, 0) is 64.8 Å². The van der Waals surface area contributed by atoms with Crippen molar-refractivity contribution in [3.8, 4) is 5.75 Å². The van der Waals surface area contributed by atoms with E-state index in [0.717, 1.165) is 40.2 Å². The first-order valence-corrected chi connectivity index (χ1v) is 13.2. The third-order valence-electron chi connectivity index (χ3n) is 7.21. The number of hydrogen-bond donors (Lipinski definition) is 0. The number of thiazole rings is 1. The third kappa shape index (κ3) is 3.84. The Morgan fingerprint density at radius 2 is 1.75 bits per heavy atom. The second kappa shape index (κ2) is 9.07. The molecule has 0 fully saturated rings. The Morgan fingerprint density at radius 3 is 2.47 bits per heavy atom. The molecule has 0 amide bonds. The van der Waals surface area contributed by atoms with Crippen molar-refractivity contribution in [3.05, 3.63) is 126 Å². The highest BCUT2D eigenvalue weighted by molar-refractivity contribution is 7.07. The lowest BCUT2D eigenvalue weighted by molar-refractivity contribution is 0.414. The molecule has 0 bridgehead atoms. The molecule has 36 heavy (non-hydrogen) atoms. The van der Waals surface area contributed by atoms with Gasteiger partial charge in [0.2, 0.25) is 0 Å². The van der Waals surface area contributed by atoms with E-state index >= 15 is 0 Å². The van der Waals surface area contributed by atoms with Gasteiger partial charge in [-0.25, -0.2) is 4.99 Å². The Labute approximate surface area is 214 Å². The van der Waals surface area contributed by atoms with Gasteiger partial charge in [0.05, 0.1) is 23.4 Å². The molecular formula is C31H28N2O2S. The van der Waals surface area contributed by atoms with Crippen molar-refractivity contribution in [2.75, 3.05) is 7.11 Å². The Kier molecular flexibility index (Phi) is 5.73. The van der Waals surface area contributed by atoms with E-state index in [0.29, 0.717) is 10.5 Å². The summed E-state index contributed by atoms with van der Waals surface area (Å²) in [4.78, 5) is 19.7. The first-order chi connectivity index (χ1) is 17.5. The van der Waals surface area contributed by atoms with Crippen LogP contribution in [0.3, 0.4) is 0 Å². The molecule has 1 aromatic heterocycles. The number of ether oxygens (including phenoxy) is 1. The van der Waals surface area contributed by atoms with E-state index in [1.165, 1.54) is 33.6 Å². The maximum Gasteiger partial charge on any atom is 0.271 e. The van der Waals surface area contributed by atoms with Gasteiger partial charge in [-0.3, -0.25) is 9.36 Å². The van der Waals surface area contributed by atoms with Crippen molar-refractivity contribution in [3.63, 3.8) is 0 Å². The molecule has 4 nitrogen and oxygen atoms in total. The first-order valence-electron chi connectivity index (χ1n) is 12.4. The maximum atomic E-state index is 13.9. The van der Waals surface area contributed by atoms with Gasteiger partial charge in [-0.15, -0.1) is 0 Å². The van der Waals surface area contributed by atoms with E-state index in [1.54, 1.807) is 7.11 Å². The molecule has 0 saturated heterocycles. The van der Waals surface area contributed by atoms with Crippen molar-refractivity contribution in [1.82, 2.24) is 4.57 Å². The fraction of sp³-hybridized carbons (Fsp3) is 0.226. The van der Waals surface area contributed by atoms with Crippen LogP contribution in [0.25, 0.3) is 11.8 Å². The fourth-order valence-electron chi connectivity index (χ4n) is 5.24. The molecule has 1 aliphatic carbocycles. The van der Waals surface area contributed by atoms with Crippen LogP contribution in [-0.4, -0.2) is 11.7 Å². The van der Waals surface area contributed by atoms with E-state index in [1.807, 2.05) is 22.8 Å². The number of hydrogen-bond acceptors (Lipinski definition) is 4. The van der Waals surface area contributed by atoms with Crippen molar-refractivity contribution in [2.24, 2.45) is 4.99 Å². The normalized spacial score (nSPS) is 16.9. The fourth-order valence-corrected chi connectivity index (χ4v) is 6.24. The van der Waals surface area contributed by atoms with Crippen LogP contribution in [-0.2, 0) is 6.42 Å². The van der Waals surface area contributed by atoms with E-state index in [-0.39, 0.29) is 11.6 Å². The highest BCUT2D eigenvalue weighted by Gasteiger charge is 2.32. The summed E-state index contributed by atoms with van der Waals surface area (Å²) in [6.07, 6.45) is 3.83. The predicted octanol–water partition coefficient (Wildman–Crippen LogP) is 5.45. The number of allylic oxidation sites excluding steroid dienone is 1. The second-order valence-electron chi connectivity index (χ2n) is 9.71. The largest absolute Gasteiger partial charge is 0.497 e. The molecule has 2 heterocycles. The van der Waals surface area contributed by atoms with Gasteiger partial charge in [0, 0.05) is 5.56 Å². The summed E-state index contributed by atoms with van der Waals surface area (Å²) in [7, 11) is 1.67. The number of aromatic nitrogens is 1. The summed E-state index contributed by atoms with van der Waals surface area (Å²) in [6, 6.07) is 24.9. The summed E-state index contributed by atoms with van der Waals surface area (Å²) in [5.41, 5.74) is 8.13. The Bertz CT molecular complexity index is 1660. The van der Waals surface area contributed by atoms with Crippen LogP contribution in [0.4, 0.5) is 0 Å². The van der Waals surface area contributed by atoms with Crippen molar-refractivity contribution < 1.29 is 4.74 Å². The zero-order chi connectivity index (χ0) is 24.8. The molecule has 3 aromatic carbocycles. The van der Waals surface area contributed by atoms with Gasteiger partial charge in [0.15, 0.2) is 4.80 Å². The van der Waals surface area contributed by atoms with Crippen molar-refractivity contribution >= 4 is 23.1 Å². The molecule has 4 aromatic rings. The smallest absolute Gasteiger partial charge is 0.271 e. The minimum Gasteiger partial charge on any atom is -0.497 e. The SMILES string of the molecule is COc1ccc([C@H]2C3=C(N=c4s/c(=C/c5ccc(C(C)C)cc5)c(=O)n42)c2ccccc2CC3)cc1. The average molecular weight is 493 g/mol. The molecule has 1 atom stereocenters. The van der Waals surface area contributed by atoms with Crippen LogP contribution in [0.1, 0.15) is 60.0 Å². The number of benzene rings is 3. The summed E-state index contributed by atoms with van der Waals surface area (Å²) >= 11 is 1.47. The number of nitrogens with zero attached hydrogens (tertiary/aromatic N) is 2. The Hall–Kier alpha value is -3.70. The molecule has 0 radical (unpaired) electrons. The Balaban J connectivity index is 1.56. The second-order valence-corrected chi connectivity index (χ2v) is 10.7. The third-order valence-corrected chi connectivity index (χ3v) is 8.19. The van der Waals surface area contributed by atoms with Gasteiger partial charge in [0.1, 0.15) is 5.75 Å². The van der Waals surface area contributed by atoms with E-state index in [9.17, 15) is 4.79 Å². The van der Waals surface area contributed by atoms with E-state index < -0.39 is 0 Å². The van der Waals surface area contributed by atoms with Crippen LogP contribution >= 0.6 is 11.3 Å². The van der Waals surface area contributed by atoms with Crippen LogP contribution in [0.2, 0.25) is 0 Å². The van der Waals surface area contributed by atoms with Gasteiger partial charge >= 0.3 is 0 Å². The molecular weight excluding hydrogens is 464 g/mol. The highest BCUT2D eigenvalue weighted by Crippen LogP contribution is 2.41. The Morgan fingerprint density at radius 1 is 1.00 bits per heavy atom. The van der Waals surface area contributed by atoms with Gasteiger partial charge in [-0.2, -0.15) is 0 Å². The molecule has 180 valence electrons. The molecule has 2 aliphatic rings. The minimum absolute atomic E-state index is 0.0120. The van der Waals surface area contributed by atoms with Gasteiger partial charge in [0.25, 0.3) is 5.56 Å². The summed E-state index contributed by atoms with van der Waals surface area (Å²) in [5, 5.41) is 0. The molecule has 1 aliphatic heterocycles. The standard InChI is InChI=1S/C31H28N2O2S/c1-19(2)21-10-8-20(9-11-21)18-27-30(34)33-29(23-12-15-24(35-3)16-13-23)26-17-14-22-6-4-5-7-25(22)28(26)32-31(33)36-27/h4-13,15-16,18-19,29H,14,17H2,1-3H3/b27-18+/t29-/m0/s1. The first kappa shape index (κ1) is 22.7. The topological polar surface area (TPSA) is 43.6 Å². The van der Waals surface area contributed by atoms with Crippen molar-refractivity contribution in [2.45, 2.75) is 38.6 Å². The van der Waals surface area contributed by atoms with E-state index in [2.05, 4.69) is 74.5 Å². The number of rotatable bonds is 4. The molecule has 6 rings (SSSR count). The lowest BCUT2D eigenvalue weighted by Gasteiger charge is -2.30. The van der Waals surface area contributed by atoms with Crippen molar-refractivity contribution in [1.29, 1.82) is 0 Å². The number of methoxy groups -OCH3 is 1. The number of aryl methyl sites for hydroxylation is 1. The minimum atomic E-state index is -0.180. The van der Waals surface area contributed by atoms with E-state index in [4.69, 9.17) is 9.73 Å². The summed E-state index contributed by atoms with van der Waals surface area (Å²) in [5.74, 6) is 1.28. The predicted molar refractivity (Wildman–Crippen MR) is 146 cm³/mol. The van der Waals surface area contributed by atoms with Crippen LogP contribution in [0, 0.1) is 0 Å². The van der Waals surface area contributed by atoms with Crippen LogP contribution in [0.15, 0.2) is 88.2 Å². The molecule has 5 heteroatoms. The van der Waals surface area contributed by atoms with Gasteiger partial charge < -0.3 is 4.74 Å². The summed E-state index contributed by atoms with van der Waals surface area (Å²) < 4.78 is 8.00. The lowest BCUT2D eigenvalue weighted by Crippen LogP contribution is -2.38. The molecule has 0 N–H and O–H groups in total. The maximum absolute atomic E-state index is 13.9. The lowest BCUT2D eigenvalue weighted by atomic mass is 9.83. The van der Waals surface area contributed by atoms with Gasteiger partial charge in [-0.1, -0.05) is 85.8 Å². The quantitative estimate of drug-likeness (QED) is 0.380. The molecule has 0 unspecified atom stereocenters. The average Bonchev–Trinajstić information content (AvgIpc) is 3.22. The monoisotopic (exact) mass is 492 g/mol. The van der Waals surface area contributed by atoms with Crippen LogP contribution < -0.4 is 19.6 Å². The molecule has 0 spiro atoms. The molecule has 0 saturated carbocycles. The zero-order valence-electron chi connectivity index (χ0n) is 20.7. The zero-order valence-corrected chi connectivity index (χ0v) is 21.5. The summed E-state index contributed by atoms with van der Waals surface area (Å²) in [6.45, 7) is 4.37. The highest BCUT2D eigenvalue weighted by atomic mass is 32.1. The van der Waals surface area contributed by atoms with Crippen LogP contribution in [0.5, 0.6) is 5.75 Å². The number of fused-ring (bicyclic) bond motifs is 3.